The van der Waals surface area contributed by atoms with Crippen LogP contribution >= 0.6 is 11.6 Å². The molecule has 3 rings (SSSR count). The lowest BCUT2D eigenvalue weighted by Gasteiger charge is -2.24. The quantitative estimate of drug-likeness (QED) is 0.459. The van der Waals surface area contributed by atoms with Crippen LogP contribution < -0.4 is 4.74 Å². The number of aliphatic hydroxyl groups is 1. The SMILES string of the molecule is CC[C@@H](O)CN(CCOC)Cc1c(C)nn(-c2ccccc2)c1Oc1ccc(Cl)cc1. The van der Waals surface area contributed by atoms with E-state index >= 15 is 0 Å². The van der Waals surface area contributed by atoms with Crippen molar-refractivity contribution in [3.05, 3.63) is 70.9 Å². The van der Waals surface area contributed by atoms with Crippen LogP contribution in [0.1, 0.15) is 24.6 Å². The van der Waals surface area contributed by atoms with Crippen LogP contribution in [0.25, 0.3) is 5.69 Å². The average molecular weight is 444 g/mol. The lowest BCUT2D eigenvalue weighted by atomic mass is 10.2. The number of hydrogen-bond donors (Lipinski definition) is 1. The largest absolute Gasteiger partial charge is 0.439 e. The summed E-state index contributed by atoms with van der Waals surface area (Å²) in [6, 6.07) is 17.2. The fraction of sp³-hybridized carbons (Fsp3) is 0.375. The highest BCUT2D eigenvalue weighted by atomic mass is 35.5. The van der Waals surface area contributed by atoms with Gasteiger partial charge >= 0.3 is 0 Å². The number of aliphatic hydroxyl groups excluding tert-OH is 1. The predicted octanol–water partition coefficient (Wildman–Crippen LogP) is 4.85. The van der Waals surface area contributed by atoms with Gasteiger partial charge < -0.3 is 14.6 Å². The van der Waals surface area contributed by atoms with Gasteiger partial charge in [-0.15, -0.1) is 0 Å². The Kier molecular flexibility index (Phi) is 8.49. The number of ether oxygens (including phenoxy) is 2. The van der Waals surface area contributed by atoms with Gasteiger partial charge in [0.05, 0.1) is 29.7 Å². The van der Waals surface area contributed by atoms with Gasteiger partial charge in [-0.1, -0.05) is 36.7 Å². The maximum absolute atomic E-state index is 10.2. The minimum Gasteiger partial charge on any atom is -0.439 e. The van der Waals surface area contributed by atoms with Gasteiger partial charge in [0.1, 0.15) is 5.75 Å². The van der Waals surface area contributed by atoms with E-state index in [0.29, 0.717) is 49.3 Å². The molecular weight excluding hydrogens is 414 g/mol. The zero-order valence-corrected chi connectivity index (χ0v) is 19.0. The van der Waals surface area contributed by atoms with Crippen LogP contribution in [0.4, 0.5) is 0 Å². The van der Waals surface area contributed by atoms with Crippen molar-refractivity contribution in [2.45, 2.75) is 32.9 Å². The Morgan fingerprint density at radius 1 is 1.13 bits per heavy atom. The molecule has 0 aliphatic rings. The minimum absolute atomic E-state index is 0.401. The molecule has 0 saturated carbocycles. The summed E-state index contributed by atoms with van der Waals surface area (Å²) in [7, 11) is 1.68. The molecule has 0 amide bonds. The molecule has 2 aromatic carbocycles. The molecule has 0 radical (unpaired) electrons. The summed E-state index contributed by atoms with van der Waals surface area (Å²) in [4.78, 5) is 2.17. The summed E-state index contributed by atoms with van der Waals surface area (Å²) in [6.07, 6.45) is 0.293. The van der Waals surface area contributed by atoms with Crippen LogP contribution in [0.15, 0.2) is 54.6 Å². The van der Waals surface area contributed by atoms with Gasteiger partial charge in [0.15, 0.2) is 0 Å². The standard InChI is InChI=1S/C24H30ClN3O3/c1-4-21(29)16-27(14-15-30-3)17-23-18(2)26-28(20-8-6-5-7-9-20)24(23)31-22-12-10-19(25)11-13-22/h5-13,21,29H,4,14-17H2,1-3H3/t21-/m1/s1. The fourth-order valence-corrected chi connectivity index (χ4v) is 3.42. The van der Waals surface area contributed by atoms with Crippen molar-refractivity contribution in [1.82, 2.24) is 14.7 Å². The van der Waals surface area contributed by atoms with Crippen LogP contribution in [-0.2, 0) is 11.3 Å². The number of hydrogen-bond acceptors (Lipinski definition) is 5. The summed E-state index contributed by atoms with van der Waals surface area (Å²) in [6.45, 7) is 6.37. The third-order valence-electron chi connectivity index (χ3n) is 5.10. The number of aryl methyl sites for hydroxylation is 1. The molecule has 6 nitrogen and oxygen atoms in total. The summed E-state index contributed by atoms with van der Waals surface area (Å²) in [5.41, 5.74) is 2.76. The van der Waals surface area contributed by atoms with Crippen molar-refractivity contribution in [2.24, 2.45) is 0 Å². The summed E-state index contributed by atoms with van der Waals surface area (Å²) >= 11 is 6.04. The van der Waals surface area contributed by atoms with E-state index in [2.05, 4.69) is 4.90 Å². The van der Waals surface area contributed by atoms with E-state index in [1.165, 1.54) is 0 Å². The molecule has 166 valence electrons. The maximum atomic E-state index is 10.2. The van der Waals surface area contributed by atoms with Crippen LogP contribution in [-0.4, -0.2) is 52.7 Å². The molecule has 31 heavy (non-hydrogen) atoms. The maximum Gasteiger partial charge on any atom is 0.227 e. The van der Waals surface area contributed by atoms with E-state index < -0.39 is 6.10 Å². The Bertz CT molecular complexity index is 945. The normalized spacial score (nSPS) is 12.3. The number of methoxy groups -OCH3 is 1. The van der Waals surface area contributed by atoms with E-state index in [1.807, 2.05) is 61.0 Å². The molecule has 0 unspecified atom stereocenters. The van der Waals surface area contributed by atoms with Gasteiger partial charge in [-0.2, -0.15) is 5.10 Å². The lowest BCUT2D eigenvalue weighted by Crippen LogP contribution is -2.34. The Morgan fingerprint density at radius 3 is 2.48 bits per heavy atom. The fourth-order valence-electron chi connectivity index (χ4n) is 3.29. The number of benzene rings is 2. The van der Waals surface area contributed by atoms with Crippen molar-refractivity contribution in [3.8, 4) is 17.3 Å². The summed E-state index contributed by atoms with van der Waals surface area (Å²) in [5.74, 6) is 1.33. The van der Waals surface area contributed by atoms with E-state index in [0.717, 1.165) is 16.9 Å². The molecule has 0 bridgehead atoms. The third kappa shape index (κ3) is 6.31. The first-order valence-electron chi connectivity index (χ1n) is 10.5. The van der Waals surface area contributed by atoms with Gasteiger partial charge in [-0.25, -0.2) is 4.68 Å². The first kappa shape index (κ1) is 23.3. The van der Waals surface area contributed by atoms with E-state index in [9.17, 15) is 5.11 Å². The molecule has 3 aromatic rings. The second-order valence-corrected chi connectivity index (χ2v) is 7.90. The molecule has 7 heteroatoms. The number of aromatic nitrogens is 2. The average Bonchev–Trinajstić information content (AvgIpc) is 3.09. The summed E-state index contributed by atoms with van der Waals surface area (Å²) < 4.78 is 13.4. The minimum atomic E-state index is -0.401. The first-order chi connectivity index (χ1) is 15.0. The van der Waals surface area contributed by atoms with Crippen molar-refractivity contribution in [1.29, 1.82) is 0 Å². The second kappa shape index (κ2) is 11.3. The zero-order chi connectivity index (χ0) is 22.2. The zero-order valence-electron chi connectivity index (χ0n) is 18.3. The van der Waals surface area contributed by atoms with Gasteiger partial charge in [0.25, 0.3) is 0 Å². The molecule has 0 aliphatic heterocycles. The topological polar surface area (TPSA) is 59.8 Å². The highest BCUT2D eigenvalue weighted by molar-refractivity contribution is 6.30. The van der Waals surface area contributed by atoms with Crippen molar-refractivity contribution in [2.75, 3.05) is 26.8 Å². The number of para-hydroxylation sites is 1. The first-order valence-corrected chi connectivity index (χ1v) is 10.9. The highest BCUT2D eigenvalue weighted by Gasteiger charge is 2.22. The Balaban J connectivity index is 1.99. The molecule has 1 atom stereocenters. The van der Waals surface area contributed by atoms with Crippen LogP contribution in [0.2, 0.25) is 5.02 Å². The lowest BCUT2D eigenvalue weighted by molar-refractivity contribution is 0.0825. The molecule has 0 aliphatic carbocycles. The van der Waals surface area contributed by atoms with Crippen LogP contribution in [0.5, 0.6) is 11.6 Å². The molecule has 0 spiro atoms. The van der Waals surface area contributed by atoms with Crippen molar-refractivity contribution in [3.63, 3.8) is 0 Å². The van der Waals surface area contributed by atoms with Gasteiger partial charge in [0.2, 0.25) is 5.88 Å². The smallest absolute Gasteiger partial charge is 0.227 e. The van der Waals surface area contributed by atoms with Crippen LogP contribution in [0, 0.1) is 6.92 Å². The number of rotatable bonds is 11. The van der Waals surface area contributed by atoms with Gasteiger partial charge in [-0.3, -0.25) is 4.90 Å². The van der Waals surface area contributed by atoms with Crippen molar-refractivity contribution < 1.29 is 14.6 Å². The Labute approximate surface area is 189 Å². The molecule has 1 N–H and O–H groups in total. The van der Waals surface area contributed by atoms with E-state index in [-0.39, 0.29) is 0 Å². The monoisotopic (exact) mass is 443 g/mol. The van der Waals surface area contributed by atoms with Gasteiger partial charge in [-0.05, 0) is 49.7 Å². The third-order valence-corrected chi connectivity index (χ3v) is 5.35. The van der Waals surface area contributed by atoms with Gasteiger partial charge in [0, 0.05) is 31.8 Å². The van der Waals surface area contributed by atoms with Crippen LogP contribution in [0.3, 0.4) is 0 Å². The van der Waals surface area contributed by atoms with E-state index in [1.54, 1.807) is 19.2 Å². The van der Waals surface area contributed by atoms with E-state index in [4.69, 9.17) is 26.2 Å². The molecule has 0 saturated heterocycles. The number of halogens is 1. The highest BCUT2D eigenvalue weighted by Crippen LogP contribution is 2.32. The molecule has 1 aromatic heterocycles. The predicted molar refractivity (Wildman–Crippen MR) is 123 cm³/mol. The summed E-state index contributed by atoms with van der Waals surface area (Å²) in [5, 5.41) is 15.7. The second-order valence-electron chi connectivity index (χ2n) is 7.46. The number of nitrogens with zero attached hydrogens (tertiary/aromatic N) is 3. The van der Waals surface area contributed by atoms with Crippen molar-refractivity contribution >= 4 is 11.6 Å². The Morgan fingerprint density at radius 2 is 1.84 bits per heavy atom. The molecule has 0 fully saturated rings. The molecular formula is C24H30ClN3O3. The Hall–Kier alpha value is -2.38. The molecule has 1 heterocycles.